The van der Waals surface area contributed by atoms with Crippen LogP contribution in [0.4, 0.5) is 5.82 Å². The first-order valence-corrected chi connectivity index (χ1v) is 7.99. The van der Waals surface area contributed by atoms with E-state index in [9.17, 15) is 4.79 Å². The van der Waals surface area contributed by atoms with Crippen LogP contribution in [0.2, 0.25) is 5.15 Å². The molecule has 1 amide bonds. The number of rotatable bonds is 4. The summed E-state index contributed by atoms with van der Waals surface area (Å²) in [5.41, 5.74) is 0.784. The van der Waals surface area contributed by atoms with Gasteiger partial charge in [0, 0.05) is 25.1 Å². The number of piperidine rings is 1. The molecular weight excluding hydrogens is 288 g/mol. The van der Waals surface area contributed by atoms with E-state index in [1.807, 2.05) is 25.7 Å². The molecule has 0 saturated carbocycles. The largest absolute Gasteiger partial charge is 0.358 e. The molecule has 21 heavy (non-hydrogen) atoms. The van der Waals surface area contributed by atoms with Crippen LogP contribution in [0.25, 0.3) is 0 Å². The van der Waals surface area contributed by atoms with Gasteiger partial charge in [-0.15, -0.1) is 0 Å². The molecule has 1 fully saturated rings. The van der Waals surface area contributed by atoms with Crippen molar-refractivity contribution in [3.8, 4) is 0 Å². The molecular formula is C15H23ClN4O. The molecule has 1 saturated heterocycles. The predicted molar refractivity (Wildman–Crippen MR) is 84.7 cm³/mol. The third-order valence-electron chi connectivity index (χ3n) is 3.84. The zero-order valence-corrected chi connectivity index (χ0v) is 13.7. The second-order valence-corrected chi connectivity index (χ2v) is 5.87. The van der Waals surface area contributed by atoms with Crippen LogP contribution < -0.4 is 5.32 Å². The third-order valence-corrected chi connectivity index (χ3v) is 4.21. The van der Waals surface area contributed by atoms with Crippen molar-refractivity contribution in [3.05, 3.63) is 16.5 Å². The maximum Gasteiger partial charge on any atom is 0.244 e. The molecule has 0 aromatic carbocycles. The minimum absolute atomic E-state index is 0.127. The van der Waals surface area contributed by atoms with Gasteiger partial charge < -0.3 is 10.2 Å². The summed E-state index contributed by atoms with van der Waals surface area (Å²) in [4.78, 5) is 23.0. The molecule has 1 aromatic rings. The van der Waals surface area contributed by atoms with E-state index in [1.165, 1.54) is 6.42 Å². The molecule has 0 radical (unpaired) electrons. The van der Waals surface area contributed by atoms with Crippen LogP contribution in [0.1, 0.15) is 44.5 Å². The van der Waals surface area contributed by atoms with Crippen LogP contribution in [0.15, 0.2) is 0 Å². The predicted octanol–water partition coefficient (Wildman–Crippen LogP) is 2.81. The molecule has 5 nitrogen and oxygen atoms in total. The SMILES string of the molecule is CCc1nc(Cl)c(C)c(NC(C)C(=O)N2CCCCC2)n1. The Morgan fingerprint density at radius 2 is 2.00 bits per heavy atom. The second kappa shape index (κ2) is 7.07. The van der Waals surface area contributed by atoms with Gasteiger partial charge in [0.05, 0.1) is 0 Å². The highest BCUT2D eigenvalue weighted by Crippen LogP contribution is 2.21. The van der Waals surface area contributed by atoms with Crippen LogP contribution in [0.5, 0.6) is 0 Å². The number of aryl methyl sites for hydroxylation is 1. The Balaban J connectivity index is 2.09. The normalized spacial score (nSPS) is 16.7. The highest BCUT2D eigenvalue weighted by atomic mass is 35.5. The van der Waals surface area contributed by atoms with E-state index < -0.39 is 0 Å². The number of carbonyl (C=O) groups is 1. The molecule has 2 rings (SSSR count). The molecule has 1 aliphatic rings. The molecule has 1 atom stereocenters. The standard InChI is InChI=1S/C15H23ClN4O/c1-4-12-18-13(16)10(2)14(19-12)17-11(3)15(21)20-8-6-5-7-9-20/h11H,4-9H2,1-3H3,(H,17,18,19). The van der Waals surface area contributed by atoms with Crippen LogP contribution in [0, 0.1) is 6.92 Å². The maximum absolute atomic E-state index is 12.4. The Hall–Kier alpha value is -1.36. The molecule has 1 aliphatic heterocycles. The molecule has 0 spiro atoms. The first-order valence-electron chi connectivity index (χ1n) is 7.61. The van der Waals surface area contributed by atoms with Gasteiger partial charge in [0.25, 0.3) is 0 Å². The number of amides is 1. The number of hydrogen-bond donors (Lipinski definition) is 1. The second-order valence-electron chi connectivity index (χ2n) is 5.51. The fraction of sp³-hybridized carbons (Fsp3) is 0.667. The average molecular weight is 311 g/mol. The Labute approximate surface area is 131 Å². The zero-order valence-electron chi connectivity index (χ0n) is 12.9. The molecule has 1 N–H and O–H groups in total. The van der Waals surface area contributed by atoms with Crippen molar-refractivity contribution in [2.75, 3.05) is 18.4 Å². The van der Waals surface area contributed by atoms with E-state index >= 15 is 0 Å². The Morgan fingerprint density at radius 3 is 2.62 bits per heavy atom. The van der Waals surface area contributed by atoms with Gasteiger partial charge in [0.1, 0.15) is 22.8 Å². The van der Waals surface area contributed by atoms with Crippen molar-refractivity contribution in [1.29, 1.82) is 0 Å². The summed E-state index contributed by atoms with van der Waals surface area (Å²) >= 11 is 6.12. The number of aromatic nitrogens is 2. The summed E-state index contributed by atoms with van der Waals surface area (Å²) in [7, 11) is 0. The van der Waals surface area contributed by atoms with E-state index in [1.54, 1.807) is 0 Å². The van der Waals surface area contributed by atoms with Crippen molar-refractivity contribution in [2.45, 2.75) is 52.5 Å². The fourth-order valence-electron chi connectivity index (χ4n) is 2.49. The van der Waals surface area contributed by atoms with E-state index in [2.05, 4.69) is 15.3 Å². The molecule has 0 bridgehead atoms. The Kier molecular flexibility index (Phi) is 5.39. The molecule has 0 aliphatic carbocycles. The minimum Gasteiger partial charge on any atom is -0.358 e. The number of hydrogen-bond acceptors (Lipinski definition) is 4. The maximum atomic E-state index is 12.4. The molecule has 6 heteroatoms. The number of anilines is 1. The summed E-state index contributed by atoms with van der Waals surface area (Å²) in [6, 6.07) is -0.308. The summed E-state index contributed by atoms with van der Waals surface area (Å²) in [5, 5.41) is 3.64. The lowest BCUT2D eigenvalue weighted by molar-refractivity contribution is -0.132. The smallest absolute Gasteiger partial charge is 0.244 e. The number of nitrogens with one attached hydrogen (secondary N) is 1. The van der Waals surface area contributed by atoms with Crippen molar-refractivity contribution < 1.29 is 4.79 Å². The summed E-state index contributed by atoms with van der Waals surface area (Å²) in [6.07, 6.45) is 4.11. The van der Waals surface area contributed by atoms with Gasteiger partial charge in [-0.1, -0.05) is 18.5 Å². The van der Waals surface area contributed by atoms with E-state index in [4.69, 9.17) is 11.6 Å². The van der Waals surface area contributed by atoms with Crippen molar-refractivity contribution >= 4 is 23.3 Å². The van der Waals surface area contributed by atoms with E-state index in [0.29, 0.717) is 23.2 Å². The van der Waals surface area contributed by atoms with Crippen LogP contribution in [0.3, 0.4) is 0 Å². The van der Waals surface area contributed by atoms with Crippen LogP contribution >= 0.6 is 11.6 Å². The first-order chi connectivity index (χ1) is 10.0. The minimum atomic E-state index is -0.308. The van der Waals surface area contributed by atoms with Crippen LogP contribution in [-0.2, 0) is 11.2 Å². The quantitative estimate of drug-likeness (QED) is 0.869. The van der Waals surface area contributed by atoms with Gasteiger partial charge in [-0.2, -0.15) is 0 Å². The monoisotopic (exact) mass is 310 g/mol. The highest BCUT2D eigenvalue weighted by molar-refractivity contribution is 6.30. The highest BCUT2D eigenvalue weighted by Gasteiger charge is 2.23. The summed E-state index contributed by atoms with van der Waals surface area (Å²) < 4.78 is 0. The van der Waals surface area contributed by atoms with Crippen molar-refractivity contribution in [2.24, 2.45) is 0 Å². The van der Waals surface area contributed by atoms with Gasteiger partial charge in [-0.05, 0) is 33.1 Å². The first kappa shape index (κ1) is 16.0. The third kappa shape index (κ3) is 3.84. The molecule has 2 heterocycles. The van der Waals surface area contributed by atoms with Crippen LogP contribution in [-0.4, -0.2) is 39.9 Å². The van der Waals surface area contributed by atoms with Gasteiger partial charge >= 0.3 is 0 Å². The number of nitrogens with zero attached hydrogens (tertiary/aromatic N) is 3. The Morgan fingerprint density at radius 1 is 1.33 bits per heavy atom. The Bertz CT molecular complexity index is 515. The van der Waals surface area contributed by atoms with Crippen molar-refractivity contribution in [1.82, 2.24) is 14.9 Å². The van der Waals surface area contributed by atoms with Gasteiger partial charge in [-0.3, -0.25) is 4.79 Å². The molecule has 1 aromatic heterocycles. The number of carbonyl (C=O) groups excluding carboxylic acids is 1. The summed E-state index contributed by atoms with van der Waals surface area (Å²) in [5.74, 6) is 1.47. The zero-order chi connectivity index (χ0) is 15.4. The lowest BCUT2D eigenvalue weighted by Crippen LogP contribution is -2.44. The van der Waals surface area contributed by atoms with Gasteiger partial charge in [0.2, 0.25) is 5.91 Å². The molecule has 116 valence electrons. The topological polar surface area (TPSA) is 58.1 Å². The number of likely N-dealkylation sites (tertiary alicyclic amines) is 1. The summed E-state index contributed by atoms with van der Waals surface area (Å²) in [6.45, 7) is 7.43. The lowest BCUT2D eigenvalue weighted by atomic mass is 10.1. The fourth-order valence-corrected chi connectivity index (χ4v) is 2.67. The van der Waals surface area contributed by atoms with E-state index in [0.717, 1.165) is 31.5 Å². The van der Waals surface area contributed by atoms with Gasteiger partial charge in [0.15, 0.2) is 0 Å². The molecule has 1 unspecified atom stereocenters. The number of halogens is 1. The van der Waals surface area contributed by atoms with Gasteiger partial charge in [-0.25, -0.2) is 9.97 Å². The average Bonchev–Trinajstić information content (AvgIpc) is 2.51. The van der Waals surface area contributed by atoms with E-state index in [-0.39, 0.29) is 11.9 Å². The lowest BCUT2D eigenvalue weighted by Gasteiger charge is -2.29. The van der Waals surface area contributed by atoms with Crippen molar-refractivity contribution in [3.63, 3.8) is 0 Å².